The van der Waals surface area contributed by atoms with Crippen molar-refractivity contribution in [3.8, 4) is 0 Å². The number of carboxylic acid groups (broad SMARTS) is 1. The van der Waals surface area contributed by atoms with Crippen LogP contribution in [0, 0.1) is 0 Å². The Morgan fingerprint density at radius 3 is 2.83 bits per heavy atom. The standard InChI is InChI=1S/C12H18FNO4/c13-12(11(16)17)5-6-14(8-12)10(15)4-3-9-2-1-7-18-9/h9H,1-8H2,(H,16,17). The minimum Gasteiger partial charge on any atom is -0.479 e. The number of ether oxygens (including phenoxy) is 1. The second kappa shape index (κ2) is 5.22. The van der Waals surface area contributed by atoms with Crippen molar-refractivity contribution >= 4 is 11.9 Å². The van der Waals surface area contributed by atoms with Crippen molar-refractivity contribution in [1.29, 1.82) is 0 Å². The van der Waals surface area contributed by atoms with Crippen LogP contribution in [0.25, 0.3) is 0 Å². The molecule has 0 bridgehead atoms. The second-order valence-electron chi connectivity index (χ2n) is 5.01. The van der Waals surface area contributed by atoms with Gasteiger partial charge in [0.15, 0.2) is 0 Å². The van der Waals surface area contributed by atoms with E-state index in [9.17, 15) is 14.0 Å². The monoisotopic (exact) mass is 259 g/mol. The summed E-state index contributed by atoms with van der Waals surface area (Å²) in [7, 11) is 0. The molecule has 102 valence electrons. The number of nitrogens with zero attached hydrogens (tertiary/aromatic N) is 1. The summed E-state index contributed by atoms with van der Waals surface area (Å²) in [5.74, 6) is -1.65. The molecule has 0 saturated carbocycles. The van der Waals surface area contributed by atoms with E-state index in [0.717, 1.165) is 19.4 Å². The molecule has 1 amide bonds. The average Bonchev–Trinajstić information content (AvgIpc) is 2.95. The van der Waals surface area contributed by atoms with Crippen molar-refractivity contribution < 1.29 is 23.8 Å². The molecule has 0 aromatic rings. The highest BCUT2D eigenvalue weighted by molar-refractivity contribution is 5.82. The van der Waals surface area contributed by atoms with Gasteiger partial charge >= 0.3 is 5.97 Å². The van der Waals surface area contributed by atoms with Gasteiger partial charge in [0.1, 0.15) is 0 Å². The molecule has 2 aliphatic heterocycles. The third-order valence-electron chi connectivity index (χ3n) is 3.66. The molecule has 2 fully saturated rings. The number of likely N-dealkylation sites (tertiary alicyclic amines) is 1. The first-order valence-electron chi connectivity index (χ1n) is 6.33. The fourth-order valence-corrected chi connectivity index (χ4v) is 2.47. The van der Waals surface area contributed by atoms with Crippen LogP contribution in [-0.4, -0.2) is 53.4 Å². The summed E-state index contributed by atoms with van der Waals surface area (Å²) in [6.45, 7) is 0.606. The maximum absolute atomic E-state index is 13.8. The molecule has 0 aromatic carbocycles. The number of amides is 1. The first-order valence-corrected chi connectivity index (χ1v) is 6.33. The molecule has 6 heteroatoms. The van der Waals surface area contributed by atoms with Crippen LogP contribution < -0.4 is 0 Å². The molecule has 2 heterocycles. The number of halogens is 1. The van der Waals surface area contributed by atoms with E-state index in [0.29, 0.717) is 12.8 Å². The highest BCUT2D eigenvalue weighted by atomic mass is 19.1. The summed E-state index contributed by atoms with van der Waals surface area (Å²) in [4.78, 5) is 23.9. The molecule has 2 unspecified atom stereocenters. The average molecular weight is 259 g/mol. The van der Waals surface area contributed by atoms with Gasteiger partial charge in [0.2, 0.25) is 11.6 Å². The predicted octanol–water partition coefficient (Wildman–Crippen LogP) is 0.971. The molecule has 5 nitrogen and oxygen atoms in total. The predicted molar refractivity (Wildman–Crippen MR) is 60.9 cm³/mol. The van der Waals surface area contributed by atoms with Crippen LogP contribution in [0.5, 0.6) is 0 Å². The first kappa shape index (κ1) is 13.3. The van der Waals surface area contributed by atoms with E-state index in [2.05, 4.69) is 0 Å². The lowest BCUT2D eigenvalue weighted by Crippen LogP contribution is -2.39. The summed E-state index contributed by atoms with van der Waals surface area (Å²) in [5, 5.41) is 8.74. The highest BCUT2D eigenvalue weighted by Gasteiger charge is 2.46. The molecule has 0 radical (unpaired) electrons. The van der Waals surface area contributed by atoms with Gasteiger partial charge < -0.3 is 14.7 Å². The minimum absolute atomic E-state index is 0.117. The Bertz CT molecular complexity index is 343. The quantitative estimate of drug-likeness (QED) is 0.817. The maximum Gasteiger partial charge on any atom is 0.343 e. The van der Waals surface area contributed by atoms with E-state index in [1.54, 1.807) is 0 Å². The molecule has 0 aromatic heterocycles. The Balaban J connectivity index is 1.78. The van der Waals surface area contributed by atoms with Gasteiger partial charge in [-0.3, -0.25) is 4.79 Å². The summed E-state index contributed by atoms with van der Waals surface area (Å²) in [6, 6.07) is 0. The fraction of sp³-hybridized carbons (Fsp3) is 0.833. The van der Waals surface area contributed by atoms with Gasteiger partial charge in [0, 0.05) is 26.0 Å². The third kappa shape index (κ3) is 2.80. The Hall–Kier alpha value is -1.17. The topological polar surface area (TPSA) is 66.8 Å². The summed E-state index contributed by atoms with van der Waals surface area (Å²) >= 11 is 0. The van der Waals surface area contributed by atoms with Gasteiger partial charge in [-0.15, -0.1) is 0 Å². The summed E-state index contributed by atoms with van der Waals surface area (Å²) in [6.07, 6.45) is 2.95. The number of alkyl halides is 1. The Morgan fingerprint density at radius 2 is 2.28 bits per heavy atom. The zero-order chi connectivity index (χ0) is 13.2. The number of aliphatic carboxylic acids is 1. The lowest BCUT2D eigenvalue weighted by Gasteiger charge is -2.18. The molecule has 2 rings (SSSR count). The fourth-order valence-electron chi connectivity index (χ4n) is 2.47. The molecule has 2 atom stereocenters. The second-order valence-corrected chi connectivity index (χ2v) is 5.01. The smallest absolute Gasteiger partial charge is 0.343 e. The van der Waals surface area contributed by atoms with Crippen molar-refractivity contribution in [2.45, 2.75) is 43.9 Å². The number of carbonyl (C=O) groups excluding carboxylic acids is 1. The van der Waals surface area contributed by atoms with Crippen LogP contribution in [0.3, 0.4) is 0 Å². The van der Waals surface area contributed by atoms with Crippen molar-refractivity contribution in [2.24, 2.45) is 0 Å². The van der Waals surface area contributed by atoms with Crippen molar-refractivity contribution in [3.05, 3.63) is 0 Å². The van der Waals surface area contributed by atoms with Crippen LogP contribution in [0.2, 0.25) is 0 Å². The van der Waals surface area contributed by atoms with Crippen molar-refractivity contribution in [1.82, 2.24) is 4.90 Å². The number of hydrogen-bond acceptors (Lipinski definition) is 3. The molecular weight excluding hydrogens is 241 g/mol. The van der Waals surface area contributed by atoms with E-state index in [-0.39, 0.29) is 31.5 Å². The number of carbonyl (C=O) groups is 2. The van der Waals surface area contributed by atoms with Gasteiger partial charge in [-0.25, -0.2) is 9.18 Å². The van der Waals surface area contributed by atoms with Crippen LogP contribution in [-0.2, 0) is 14.3 Å². The molecule has 1 N–H and O–H groups in total. The van der Waals surface area contributed by atoms with E-state index < -0.39 is 11.6 Å². The molecule has 0 spiro atoms. The molecule has 2 aliphatic rings. The number of rotatable bonds is 4. The zero-order valence-corrected chi connectivity index (χ0v) is 10.2. The third-order valence-corrected chi connectivity index (χ3v) is 3.66. The van der Waals surface area contributed by atoms with Gasteiger partial charge in [-0.2, -0.15) is 0 Å². The van der Waals surface area contributed by atoms with E-state index in [1.807, 2.05) is 0 Å². The lowest BCUT2D eigenvalue weighted by atomic mass is 10.1. The van der Waals surface area contributed by atoms with Gasteiger partial charge in [-0.1, -0.05) is 0 Å². The molecular formula is C12H18FNO4. The Morgan fingerprint density at radius 1 is 1.50 bits per heavy atom. The summed E-state index contributed by atoms with van der Waals surface area (Å²) in [5.41, 5.74) is -2.26. The van der Waals surface area contributed by atoms with Gasteiger partial charge in [0.05, 0.1) is 12.6 Å². The minimum atomic E-state index is -2.26. The molecule has 0 aliphatic carbocycles. The zero-order valence-electron chi connectivity index (χ0n) is 10.2. The summed E-state index contributed by atoms with van der Waals surface area (Å²) < 4.78 is 19.2. The lowest BCUT2D eigenvalue weighted by molar-refractivity contribution is -0.150. The van der Waals surface area contributed by atoms with Crippen LogP contribution in [0.1, 0.15) is 32.1 Å². The Labute approximate surface area is 105 Å². The first-order chi connectivity index (χ1) is 8.51. The number of carboxylic acids is 1. The van der Waals surface area contributed by atoms with E-state index >= 15 is 0 Å². The highest BCUT2D eigenvalue weighted by Crippen LogP contribution is 2.27. The Kier molecular flexibility index (Phi) is 3.85. The SMILES string of the molecule is O=C(CCC1CCCO1)N1CCC(F)(C(=O)O)C1. The van der Waals surface area contributed by atoms with E-state index in [4.69, 9.17) is 9.84 Å². The van der Waals surface area contributed by atoms with Crippen LogP contribution in [0.4, 0.5) is 4.39 Å². The van der Waals surface area contributed by atoms with Crippen molar-refractivity contribution in [3.63, 3.8) is 0 Å². The van der Waals surface area contributed by atoms with E-state index in [1.165, 1.54) is 4.90 Å². The number of hydrogen-bond donors (Lipinski definition) is 1. The van der Waals surface area contributed by atoms with Crippen LogP contribution >= 0.6 is 0 Å². The van der Waals surface area contributed by atoms with Crippen molar-refractivity contribution in [2.75, 3.05) is 19.7 Å². The molecule has 18 heavy (non-hydrogen) atoms. The van der Waals surface area contributed by atoms with Gasteiger partial charge in [-0.05, 0) is 19.3 Å². The maximum atomic E-state index is 13.8. The van der Waals surface area contributed by atoms with Crippen LogP contribution in [0.15, 0.2) is 0 Å². The van der Waals surface area contributed by atoms with Gasteiger partial charge in [0.25, 0.3) is 0 Å². The largest absolute Gasteiger partial charge is 0.479 e. The normalized spacial score (nSPS) is 31.8. The molecule has 2 saturated heterocycles.